The summed E-state index contributed by atoms with van der Waals surface area (Å²) in [6.45, 7) is 0.904. The fourth-order valence-corrected chi connectivity index (χ4v) is 2.05. The molecule has 104 valence electrons. The Morgan fingerprint density at radius 1 is 1.15 bits per heavy atom. The molecule has 0 spiro atoms. The van der Waals surface area contributed by atoms with Crippen LogP contribution in [0.5, 0.6) is 23.0 Å². The maximum Gasteiger partial charge on any atom is 0.231 e. The quantitative estimate of drug-likeness (QED) is 0.897. The summed E-state index contributed by atoms with van der Waals surface area (Å²) in [5.41, 5.74) is 1.89. The number of hydrogen-bond donors (Lipinski definition) is 2. The SMILES string of the molecule is COc1ccc(NCc2ccc3c(c2)OCO3)cc1O. The van der Waals surface area contributed by atoms with Crippen molar-refractivity contribution in [2.75, 3.05) is 19.2 Å². The van der Waals surface area contributed by atoms with Crippen LogP contribution < -0.4 is 19.5 Å². The fraction of sp³-hybridized carbons (Fsp3) is 0.200. The molecule has 5 heteroatoms. The highest BCUT2D eigenvalue weighted by molar-refractivity contribution is 5.54. The van der Waals surface area contributed by atoms with E-state index in [2.05, 4.69) is 5.32 Å². The molecule has 2 aromatic rings. The van der Waals surface area contributed by atoms with Gasteiger partial charge in [-0.05, 0) is 29.8 Å². The second-order valence-electron chi connectivity index (χ2n) is 4.43. The molecular weight excluding hydrogens is 258 g/mol. The van der Waals surface area contributed by atoms with Crippen molar-refractivity contribution in [2.45, 2.75) is 6.54 Å². The van der Waals surface area contributed by atoms with Gasteiger partial charge in [-0.25, -0.2) is 0 Å². The molecule has 1 aliphatic heterocycles. The van der Waals surface area contributed by atoms with E-state index in [4.69, 9.17) is 14.2 Å². The molecule has 0 aromatic heterocycles. The Hall–Kier alpha value is -2.56. The first-order valence-electron chi connectivity index (χ1n) is 6.25. The molecule has 0 bridgehead atoms. The first-order chi connectivity index (χ1) is 9.76. The number of ether oxygens (including phenoxy) is 3. The molecule has 0 unspecified atom stereocenters. The van der Waals surface area contributed by atoms with Crippen molar-refractivity contribution in [3.05, 3.63) is 42.0 Å². The van der Waals surface area contributed by atoms with Crippen LogP contribution in [0.3, 0.4) is 0 Å². The molecule has 0 saturated heterocycles. The predicted molar refractivity (Wildman–Crippen MR) is 74.6 cm³/mol. The Balaban J connectivity index is 1.69. The molecule has 20 heavy (non-hydrogen) atoms. The zero-order valence-corrected chi connectivity index (χ0v) is 11.1. The van der Waals surface area contributed by atoms with Crippen molar-refractivity contribution in [1.29, 1.82) is 0 Å². The van der Waals surface area contributed by atoms with Gasteiger partial charge in [0.05, 0.1) is 7.11 Å². The van der Waals surface area contributed by atoms with Crippen LogP contribution in [0.15, 0.2) is 36.4 Å². The van der Waals surface area contributed by atoms with E-state index in [0.29, 0.717) is 12.3 Å². The molecule has 0 saturated carbocycles. The van der Waals surface area contributed by atoms with Crippen molar-refractivity contribution >= 4 is 5.69 Å². The lowest BCUT2D eigenvalue weighted by atomic mass is 10.2. The highest BCUT2D eigenvalue weighted by Gasteiger charge is 2.13. The highest BCUT2D eigenvalue weighted by Crippen LogP contribution is 2.33. The van der Waals surface area contributed by atoms with Crippen molar-refractivity contribution in [1.82, 2.24) is 0 Å². The summed E-state index contributed by atoms with van der Waals surface area (Å²) in [7, 11) is 1.52. The van der Waals surface area contributed by atoms with Crippen LogP contribution in [0.1, 0.15) is 5.56 Å². The van der Waals surface area contributed by atoms with E-state index in [9.17, 15) is 5.11 Å². The number of rotatable bonds is 4. The normalized spacial score (nSPS) is 12.2. The van der Waals surface area contributed by atoms with Crippen molar-refractivity contribution in [3.8, 4) is 23.0 Å². The zero-order chi connectivity index (χ0) is 13.9. The molecule has 0 atom stereocenters. The standard InChI is InChI=1S/C15H15NO4/c1-18-13-5-3-11(7-12(13)17)16-8-10-2-4-14-15(6-10)20-9-19-14/h2-7,16-17H,8-9H2,1H3. The molecule has 1 aliphatic rings. The number of nitrogens with one attached hydrogen (secondary N) is 1. The lowest BCUT2D eigenvalue weighted by molar-refractivity contribution is 0.174. The molecule has 0 amide bonds. The smallest absolute Gasteiger partial charge is 0.231 e. The number of methoxy groups -OCH3 is 1. The van der Waals surface area contributed by atoms with Crippen LogP contribution in [0, 0.1) is 0 Å². The van der Waals surface area contributed by atoms with Crippen LogP contribution in [0.4, 0.5) is 5.69 Å². The predicted octanol–water partition coefficient (Wildman–Crippen LogP) is 2.74. The summed E-state index contributed by atoms with van der Waals surface area (Å²) in [6.07, 6.45) is 0. The van der Waals surface area contributed by atoms with Crippen LogP contribution >= 0.6 is 0 Å². The molecule has 0 fully saturated rings. The van der Waals surface area contributed by atoms with Gasteiger partial charge in [-0.1, -0.05) is 6.07 Å². The number of phenolic OH excluding ortho intramolecular Hbond substituents is 1. The largest absolute Gasteiger partial charge is 0.504 e. The third kappa shape index (κ3) is 2.42. The van der Waals surface area contributed by atoms with E-state index in [1.807, 2.05) is 24.3 Å². The highest BCUT2D eigenvalue weighted by atomic mass is 16.7. The maximum absolute atomic E-state index is 9.71. The maximum atomic E-state index is 9.71. The number of fused-ring (bicyclic) bond motifs is 1. The van der Waals surface area contributed by atoms with Gasteiger partial charge in [0.15, 0.2) is 23.0 Å². The molecule has 0 aliphatic carbocycles. The molecule has 2 aromatic carbocycles. The van der Waals surface area contributed by atoms with Gasteiger partial charge in [-0.3, -0.25) is 0 Å². The Kier molecular flexibility index (Phi) is 3.25. The molecule has 2 N–H and O–H groups in total. The summed E-state index contributed by atoms with van der Waals surface area (Å²) in [5, 5.41) is 12.9. The van der Waals surface area contributed by atoms with Crippen molar-refractivity contribution in [2.24, 2.45) is 0 Å². The van der Waals surface area contributed by atoms with Crippen LogP contribution in [-0.4, -0.2) is 19.0 Å². The molecular formula is C15H15NO4. The molecule has 5 nitrogen and oxygen atoms in total. The second kappa shape index (κ2) is 5.21. The van der Waals surface area contributed by atoms with Crippen LogP contribution in [0.25, 0.3) is 0 Å². The Bertz CT molecular complexity index is 627. The average molecular weight is 273 g/mol. The topological polar surface area (TPSA) is 60.0 Å². The van der Waals surface area contributed by atoms with E-state index < -0.39 is 0 Å². The number of anilines is 1. The van der Waals surface area contributed by atoms with Gasteiger partial charge in [-0.15, -0.1) is 0 Å². The minimum absolute atomic E-state index is 0.114. The van der Waals surface area contributed by atoms with E-state index >= 15 is 0 Å². The minimum atomic E-state index is 0.114. The third-order valence-electron chi connectivity index (χ3n) is 3.11. The van der Waals surface area contributed by atoms with Gasteiger partial charge in [0.1, 0.15) is 0 Å². The Labute approximate surface area is 116 Å². The Morgan fingerprint density at radius 3 is 2.80 bits per heavy atom. The first-order valence-corrected chi connectivity index (χ1v) is 6.25. The van der Waals surface area contributed by atoms with Gasteiger partial charge in [0.2, 0.25) is 6.79 Å². The summed E-state index contributed by atoms with van der Waals surface area (Å²) < 4.78 is 15.6. The van der Waals surface area contributed by atoms with E-state index in [-0.39, 0.29) is 12.5 Å². The summed E-state index contributed by atoms with van der Waals surface area (Å²) in [4.78, 5) is 0. The van der Waals surface area contributed by atoms with Crippen LogP contribution in [0.2, 0.25) is 0 Å². The fourth-order valence-electron chi connectivity index (χ4n) is 2.05. The van der Waals surface area contributed by atoms with E-state index in [1.165, 1.54) is 7.11 Å². The van der Waals surface area contributed by atoms with Crippen molar-refractivity contribution < 1.29 is 19.3 Å². The van der Waals surface area contributed by atoms with Crippen LogP contribution in [-0.2, 0) is 6.54 Å². The average Bonchev–Trinajstić information content (AvgIpc) is 2.92. The van der Waals surface area contributed by atoms with Gasteiger partial charge in [-0.2, -0.15) is 0 Å². The lowest BCUT2D eigenvalue weighted by Gasteiger charge is -2.09. The number of benzene rings is 2. The second-order valence-corrected chi connectivity index (χ2v) is 4.43. The summed E-state index contributed by atoms with van der Waals surface area (Å²) >= 11 is 0. The van der Waals surface area contributed by atoms with Gasteiger partial charge >= 0.3 is 0 Å². The third-order valence-corrected chi connectivity index (χ3v) is 3.11. The van der Waals surface area contributed by atoms with Gasteiger partial charge in [0, 0.05) is 18.3 Å². The van der Waals surface area contributed by atoms with Crippen molar-refractivity contribution in [3.63, 3.8) is 0 Å². The van der Waals surface area contributed by atoms with Gasteiger partial charge in [0.25, 0.3) is 0 Å². The lowest BCUT2D eigenvalue weighted by Crippen LogP contribution is -1.99. The Morgan fingerprint density at radius 2 is 2.00 bits per heavy atom. The van der Waals surface area contributed by atoms with E-state index in [1.54, 1.807) is 12.1 Å². The summed E-state index contributed by atoms with van der Waals surface area (Å²) in [6, 6.07) is 11.0. The number of aromatic hydroxyl groups is 1. The first kappa shape index (κ1) is 12.5. The zero-order valence-electron chi connectivity index (χ0n) is 11.1. The number of hydrogen-bond acceptors (Lipinski definition) is 5. The van der Waals surface area contributed by atoms with E-state index in [0.717, 1.165) is 22.7 Å². The molecule has 3 rings (SSSR count). The summed E-state index contributed by atoms with van der Waals surface area (Å²) in [5.74, 6) is 2.11. The molecule has 0 radical (unpaired) electrons. The van der Waals surface area contributed by atoms with Gasteiger partial charge < -0.3 is 24.6 Å². The monoisotopic (exact) mass is 273 g/mol. The minimum Gasteiger partial charge on any atom is -0.504 e. The molecule has 1 heterocycles. The number of phenols is 1.